The number of pyridine rings is 1. The third kappa shape index (κ3) is 6.20. The number of benzene rings is 1. The van der Waals surface area contributed by atoms with Gasteiger partial charge in [0.05, 0.1) is 12.3 Å². The van der Waals surface area contributed by atoms with Crippen molar-refractivity contribution in [3.8, 4) is 0 Å². The molecule has 0 bridgehead atoms. The molecule has 4 atom stereocenters. The van der Waals surface area contributed by atoms with Crippen LogP contribution in [0.4, 0.5) is 30.4 Å². The van der Waals surface area contributed by atoms with Crippen molar-refractivity contribution in [1.82, 2.24) is 15.2 Å². The average molecular weight is 598 g/mol. The monoisotopic (exact) mass is 597 g/mol. The highest BCUT2D eigenvalue weighted by molar-refractivity contribution is 6.14. The summed E-state index contributed by atoms with van der Waals surface area (Å²) in [6, 6.07) is 7.29. The molecular formula is C30H34F3N7O3. The highest BCUT2D eigenvalue weighted by atomic mass is 19.2. The SMILES string of the molecule is CC(=O)N1CCN(c2c(F)c(F)nc(NCC(=O)NC3N=C(C4C=CCC(C)C4C)c4ccccc4NC3=O)c2F)CC1. The number of fused-ring (bicyclic) bond motifs is 1. The number of hydrogen-bond acceptors (Lipinski definition) is 7. The van der Waals surface area contributed by atoms with Crippen LogP contribution in [0, 0.1) is 35.3 Å². The molecule has 0 radical (unpaired) electrons. The van der Waals surface area contributed by atoms with E-state index < -0.39 is 53.6 Å². The van der Waals surface area contributed by atoms with Crippen LogP contribution in [0.2, 0.25) is 0 Å². The van der Waals surface area contributed by atoms with E-state index in [1.54, 1.807) is 12.1 Å². The topological polar surface area (TPSA) is 119 Å². The average Bonchev–Trinajstić information content (AvgIpc) is 3.12. The first-order valence-electron chi connectivity index (χ1n) is 14.3. The molecule has 1 aliphatic carbocycles. The summed E-state index contributed by atoms with van der Waals surface area (Å²) in [5.41, 5.74) is 1.36. The van der Waals surface area contributed by atoms with Crippen LogP contribution in [0.5, 0.6) is 0 Å². The molecule has 43 heavy (non-hydrogen) atoms. The van der Waals surface area contributed by atoms with Gasteiger partial charge in [-0.1, -0.05) is 44.2 Å². The summed E-state index contributed by atoms with van der Waals surface area (Å²) in [5, 5.41) is 7.80. The molecule has 1 fully saturated rings. The molecule has 3 heterocycles. The Morgan fingerprint density at radius 1 is 1.07 bits per heavy atom. The quantitative estimate of drug-likeness (QED) is 0.348. The second kappa shape index (κ2) is 12.4. The van der Waals surface area contributed by atoms with E-state index in [0.717, 1.165) is 12.0 Å². The summed E-state index contributed by atoms with van der Waals surface area (Å²) < 4.78 is 44.5. The summed E-state index contributed by atoms with van der Waals surface area (Å²) in [7, 11) is 0. The second-order valence-electron chi connectivity index (χ2n) is 11.1. The molecule has 3 aliphatic rings. The Balaban J connectivity index is 1.33. The van der Waals surface area contributed by atoms with E-state index in [4.69, 9.17) is 4.99 Å². The summed E-state index contributed by atoms with van der Waals surface area (Å²) in [5.74, 6) is -5.76. The molecule has 13 heteroatoms. The molecule has 0 saturated carbocycles. The minimum absolute atomic E-state index is 0.0872. The number of amides is 3. The molecule has 2 aromatic rings. The van der Waals surface area contributed by atoms with Crippen molar-refractivity contribution < 1.29 is 27.6 Å². The van der Waals surface area contributed by atoms with Crippen molar-refractivity contribution >= 4 is 40.6 Å². The Kier molecular flexibility index (Phi) is 8.69. The Bertz CT molecular complexity index is 1490. The molecule has 10 nitrogen and oxygen atoms in total. The maximum Gasteiger partial charge on any atom is 0.269 e. The van der Waals surface area contributed by atoms with Gasteiger partial charge >= 0.3 is 0 Å². The zero-order chi connectivity index (χ0) is 30.8. The summed E-state index contributed by atoms with van der Waals surface area (Å²) in [6.07, 6.45) is 3.82. The predicted octanol–water partition coefficient (Wildman–Crippen LogP) is 3.31. The summed E-state index contributed by atoms with van der Waals surface area (Å²) in [6.45, 7) is 5.69. The van der Waals surface area contributed by atoms with Crippen molar-refractivity contribution in [3.63, 3.8) is 0 Å². The van der Waals surface area contributed by atoms with Gasteiger partial charge in [-0.2, -0.15) is 13.8 Å². The third-order valence-corrected chi connectivity index (χ3v) is 8.38. The molecule has 2 aliphatic heterocycles. The number of benzodiazepines with no additional fused rings is 1. The second-order valence-corrected chi connectivity index (χ2v) is 11.1. The van der Waals surface area contributed by atoms with Gasteiger partial charge < -0.3 is 25.8 Å². The number of anilines is 3. The highest BCUT2D eigenvalue weighted by Gasteiger charge is 2.34. The number of rotatable bonds is 6. The van der Waals surface area contributed by atoms with Crippen molar-refractivity contribution in [3.05, 3.63) is 59.6 Å². The number of piperazine rings is 1. The van der Waals surface area contributed by atoms with Crippen LogP contribution in [0.1, 0.15) is 32.8 Å². The zero-order valence-electron chi connectivity index (χ0n) is 24.2. The molecule has 1 saturated heterocycles. The molecule has 5 rings (SSSR count). The first-order chi connectivity index (χ1) is 20.5. The fraction of sp³-hybridized carbons (Fsp3) is 0.433. The molecular weight excluding hydrogens is 563 g/mol. The van der Waals surface area contributed by atoms with Crippen LogP contribution in [0.25, 0.3) is 0 Å². The lowest BCUT2D eigenvalue weighted by Gasteiger charge is -2.36. The fourth-order valence-electron chi connectivity index (χ4n) is 5.68. The van der Waals surface area contributed by atoms with Gasteiger partial charge in [-0.3, -0.25) is 19.4 Å². The number of allylic oxidation sites excluding steroid dienone is 2. The standard InChI is InChI=1S/C30H34F3N7O3/c1-16-7-6-9-19(17(16)2)25-20-8-4-5-10-21(20)35-30(43)29(37-25)36-22(42)15-34-28-24(32)26(23(31)27(33)38-28)40-13-11-39(12-14-40)18(3)41/h4-6,8-10,16-17,19,29H,7,11-15H2,1-3H3,(H,34,38)(H,35,43)(H,36,42). The number of carbonyl (C=O) groups excluding carboxylic acids is 3. The van der Waals surface area contributed by atoms with E-state index in [0.29, 0.717) is 17.3 Å². The molecule has 4 unspecified atom stereocenters. The van der Waals surface area contributed by atoms with Crippen molar-refractivity contribution in [1.29, 1.82) is 0 Å². The number of carbonyl (C=O) groups is 3. The van der Waals surface area contributed by atoms with E-state index in [1.807, 2.05) is 12.1 Å². The molecule has 1 aromatic heterocycles. The zero-order valence-corrected chi connectivity index (χ0v) is 24.2. The van der Waals surface area contributed by atoms with Gasteiger partial charge in [-0.05, 0) is 24.3 Å². The van der Waals surface area contributed by atoms with Gasteiger partial charge in [-0.25, -0.2) is 4.39 Å². The number of aliphatic imine (C=N–C) groups is 1. The largest absolute Gasteiger partial charge is 0.363 e. The molecule has 1 aromatic carbocycles. The number of hydrogen-bond donors (Lipinski definition) is 3. The van der Waals surface area contributed by atoms with E-state index in [1.165, 1.54) is 16.7 Å². The molecule has 228 valence electrons. The van der Waals surface area contributed by atoms with E-state index in [-0.39, 0.29) is 43.9 Å². The Hall–Kier alpha value is -4.42. The van der Waals surface area contributed by atoms with Crippen LogP contribution >= 0.6 is 0 Å². The molecule has 0 spiro atoms. The lowest BCUT2D eigenvalue weighted by molar-refractivity contribution is -0.129. The first-order valence-corrected chi connectivity index (χ1v) is 14.3. The normalized spacial score (nSPS) is 23.6. The Labute approximate surface area is 247 Å². The maximum absolute atomic E-state index is 15.4. The van der Waals surface area contributed by atoms with Crippen LogP contribution in [-0.2, 0) is 14.4 Å². The van der Waals surface area contributed by atoms with Crippen LogP contribution < -0.4 is 20.9 Å². The van der Waals surface area contributed by atoms with Crippen LogP contribution in [0.3, 0.4) is 0 Å². The number of aromatic nitrogens is 1. The number of nitrogens with one attached hydrogen (secondary N) is 3. The lowest BCUT2D eigenvalue weighted by Crippen LogP contribution is -2.48. The van der Waals surface area contributed by atoms with Crippen molar-refractivity contribution in [2.75, 3.05) is 48.3 Å². The molecule has 3 N–H and O–H groups in total. The predicted molar refractivity (Wildman–Crippen MR) is 156 cm³/mol. The minimum Gasteiger partial charge on any atom is -0.363 e. The van der Waals surface area contributed by atoms with Crippen molar-refractivity contribution in [2.24, 2.45) is 22.7 Å². The van der Waals surface area contributed by atoms with Crippen LogP contribution in [-0.4, -0.2) is 72.2 Å². The van der Waals surface area contributed by atoms with Gasteiger partial charge in [0, 0.05) is 50.3 Å². The minimum atomic E-state index is -1.53. The lowest BCUT2D eigenvalue weighted by atomic mass is 9.74. The Morgan fingerprint density at radius 3 is 2.51 bits per heavy atom. The Morgan fingerprint density at radius 2 is 1.79 bits per heavy atom. The van der Waals surface area contributed by atoms with Gasteiger partial charge in [-0.15, -0.1) is 0 Å². The number of halogens is 3. The van der Waals surface area contributed by atoms with Gasteiger partial charge in [0.25, 0.3) is 11.9 Å². The van der Waals surface area contributed by atoms with E-state index >= 15 is 4.39 Å². The van der Waals surface area contributed by atoms with Gasteiger partial charge in [0.1, 0.15) is 5.69 Å². The summed E-state index contributed by atoms with van der Waals surface area (Å²) >= 11 is 0. The third-order valence-electron chi connectivity index (χ3n) is 8.38. The number of para-hydroxylation sites is 1. The van der Waals surface area contributed by atoms with Crippen LogP contribution in [0.15, 0.2) is 41.4 Å². The van der Waals surface area contributed by atoms with E-state index in [9.17, 15) is 23.2 Å². The van der Waals surface area contributed by atoms with Gasteiger partial charge in [0.15, 0.2) is 11.6 Å². The molecule has 3 amide bonds. The fourth-order valence-corrected chi connectivity index (χ4v) is 5.68. The van der Waals surface area contributed by atoms with E-state index in [2.05, 4.69) is 46.9 Å². The van der Waals surface area contributed by atoms with Gasteiger partial charge in [0.2, 0.25) is 23.8 Å². The summed E-state index contributed by atoms with van der Waals surface area (Å²) in [4.78, 5) is 48.5. The first kappa shape index (κ1) is 30.1. The van der Waals surface area contributed by atoms with Crippen molar-refractivity contribution in [2.45, 2.75) is 33.4 Å². The highest BCUT2D eigenvalue weighted by Crippen LogP contribution is 2.35. The maximum atomic E-state index is 15.4. The number of nitrogens with zero attached hydrogens (tertiary/aromatic N) is 4. The smallest absolute Gasteiger partial charge is 0.269 e.